The first kappa shape index (κ1) is 35.9. The number of rotatable bonds is 11. The monoisotopic (exact) mass is 763 g/mol. The summed E-state index contributed by atoms with van der Waals surface area (Å²) in [5.41, 5.74) is 10.4. The third kappa shape index (κ3) is 7.11. The van der Waals surface area contributed by atoms with Crippen molar-refractivity contribution in [2.75, 3.05) is 4.90 Å². The van der Waals surface area contributed by atoms with Gasteiger partial charge in [-0.3, -0.25) is 0 Å². The third-order valence-corrected chi connectivity index (χ3v) is 16.4. The van der Waals surface area contributed by atoms with Crippen molar-refractivity contribution in [3.63, 3.8) is 0 Å². The van der Waals surface area contributed by atoms with Crippen molar-refractivity contribution in [1.82, 2.24) is 0 Å². The van der Waals surface area contributed by atoms with Gasteiger partial charge in [0.2, 0.25) is 0 Å². The minimum Gasteiger partial charge on any atom is -0.311 e. The van der Waals surface area contributed by atoms with Gasteiger partial charge in [-0.1, -0.05) is 188 Å². The fraction of sp³-hybridized carbons (Fsp3) is 0. The van der Waals surface area contributed by atoms with Crippen LogP contribution >= 0.6 is 11.3 Å². The molecule has 9 aromatic rings. The van der Waals surface area contributed by atoms with Crippen LogP contribution in [0.5, 0.6) is 0 Å². The quantitative estimate of drug-likeness (QED) is 0.0720. The van der Waals surface area contributed by atoms with Crippen LogP contribution in [0, 0.1) is 0 Å². The molecular formula is C54H41NSSi. The van der Waals surface area contributed by atoms with E-state index in [4.69, 9.17) is 0 Å². The Morgan fingerprint density at radius 1 is 0.439 bits per heavy atom. The normalized spacial score (nSPS) is 12.0. The Hall–Kier alpha value is -6.78. The summed E-state index contributed by atoms with van der Waals surface area (Å²) in [6, 6.07) is 76.9. The number of benzene rings is 8. The summed E-state index contributed by atoms with van der Waals surface area (Å²) in [4.78, 5) is 2.34. The molecule has 8 aromatic carbocycles. The maximum absolute atomic E-state index is 4.40. The van der Waals surface area contributed by atoms with Crippen molar-refractivity contribution in [3.05, 3.63) is 249 Å². The van der Waals surface area contributed by atoms with Crippen LogP contribution in [0.25, 0.3) is 42.4 Å². The van der Waals surface area contributed by atoms with Crippen molar-refractivity contribution in [2.45, 2.75) is 0 Å². The predicted molar refractivity (Wildman–Crippen MR) is 250 cm³/mol. The lowest BCUT2D eigenvalue weighted by molar-refractivity contribution is 1.22. The molecule has 1 aromatic heterocycles. The van der Waals surface area contributed by atoms with E-state index < -0.39 is 8.07 Å². The Bertz CT molecular complexity index is 2730. The molecule has 0 aliphatic heterocycles. The molecule has 0 bridgehead atoms. The van der Waals surface area contributed by atoms with Crippen LogP contribution in [-0.4, -0.2) is 8.07 Å². The summed E-state index contributed by atoms with van der Waals surface area (Å²) in [6.07, 6.45) is 6.49. The molecule has 0 aliphatic carbocycles. The van der Waals surface area contributed by atoms with Crippen molar-refractivity contribution in [1.29, 1.82) is 0 Å². The van der Waals surface area contributed by atoms with Crippen molar-refractivity contribution in [2.24, 2.45) is 0 Å². The Kier molecular flexibility index (Phi) is 10.2. The predicted octanol–water partition coefficient (Wildman–Crippen LogP) is 12.9. The zero-order chi connectivity index (χ0) is 38.4. The van der Waals surface area contributed by atoms with E-state index in [-0.39, 0.29) is 0 Å². The minimum absolute atomic E-state index is 0.986. The van der Waals surface area contributed by atoms with Gasteiger partial charge in [-0.15, -0.1) is 11.3 Å². The lowest BCUT2D eigenvalue weighted by atomic mass is 10.0. The van der Waals surface area contributed by atoms with Gasteiger partial charge in [0, 0.05) is 37.2 Å². The first-order valence-corrected chi connectivity index (χ1v) is 22.3. The number of hydrogen-bond acceptors (Lipinski definition) is 2. The van der Waals surface area contributed by atoms with Crippen LogP contribution < -0.4 is 20.5 Å². The highest BCUT2D eigenvalue weighted by molar-refractivity contribution is 7.25. The summed E-state index contributed by atoms with van der Waals surface area (Å²) < 4.78 is 2.55. The molecule has 0 aliphatic rings. The highest BCUT2D eigenvalue weighted by Gasteiger charge is 2.36. The lowest BCUT2D eigenvalue weighted by Crippen LogP contribution is -2.66. The summed E-state index contributed by atoms with van der Waals surface area (Å²) in [7, 11) is -2.61. The molecule has 0 unspecified atom stereocenters. The van der Waals surface area contributed by atoms with Gasteiger partial charge in [0.25, 0.3) is 0 Å². The van der Waals surface area contributed by atoms with Crippen LogP contribution in [0.15, 0.2) is 249 Å². The SMILES string of the molecule is C=C/C(=C\C=C\[Si](c1ccccc1)(c1ccccc1)c1ccccc1)N(c1ccc(-c2ccccc2)cc1)c1ccc2sc3ccc(-c4ccccc4)cc3c2c1. The summed E-state index contributed by atoms with van der Waals surface area (Å²) in [5.74, 6) is 0. The van der Waals surface area contributed by atoms with Crippen LogP contribution in [0.2, 0.25) is 0 Å². The highest BCUT2D eigenvalue weighted by Crippen LogP contribution is 2.41. The van der Waals surface area contributed by atoms with E-state index in [1.807, 2.05) is 17.4 Å². The molecule has 0 atom stereocenters. The smallest absolute Gasteiger partial charge is 0.172 e. The molecule has 0 amide bonds. The van der Waals surface area contributed by atoms with E-state index in [0.29, 0.717) is 0 Å². The van der Waals surface area contributed by atoms with Gasteiger partial charge in [0.1, 0.15) is 0 Å². The average Bonchev–Trinajstić information content (AvgIpc) is 3.66. The number of fused-ring (bicyclic) bond motifs is 3. The Morgan fingerprint density at radius 3 is 1.39 bits per heavy atom. The Balaban J connectivity index is 1.20. The van der Waals surface area contributed by atoms with Gasteiger partial charge in [0.15, 0.2) is 8.07 Å². The van der Waals surface area contributed by atoms with Crippen LogP contribution in [0.4, 0.5) is 11.4 Å². The van der Waals surface area contributed by atoms with Gasteiger partial charge in [-0.25, -0.2) is 0 Å². The fourth-order valence-electron chi connectivity index (χ4n) is 8.01. The number of nitrogens with zero attached hydrogens (tertiary/aromatic N) is 1. The largest absolute Gasteiger partial charge is 0.311 e. The lowest BCUT2D eigenvalue weighted by Gasteiger charge is -2.31. The number of allylic oxidation sites excluding steroid dienone is 3. The highest BCUT2D eigenvalue weighted by atomic mass is 32.1. The van der Waals surface area contributed by atoms with E-state index in [0.717, 1.165) is 17.1 Å². The Labute approximate surface area is 340 Å². The topological polar surface area (TPSA) is 3.24 Å². The number of hydrogen-bond donors (Lipinski definition) is 0. The molecular weight excluding hydrogens is 723 g/mol. The molecule has 0 fully saturated rings. The average molecular weight is 764 g/mol. The Morgan fingerprint density at radius 2 is 0.860 bits per heavy atom. The van der Waals surface area contributed by atoms with Crippen LogP contribution in [0.3, 0.4) is 0 Å². The molecule has 0 N–H and O–H groups in total. The van der Waals surface area contributed by atoms with E-state index >= 15 is 0 Å². The molecule has 0 saturated carbocycles. The minimum atomic E-state index is -2.61. The van der Waals surface area contributed by atoms with Crippen LogP contribution in [0.1, 0.15) is 0 Å². The maximum atomic E-state index is 4.40. The molecule has 0 spiro atoms. The van der Waals surface area contributed by atoms with Crippen molar-refractivity contribution in [3.8, 4) is 22.3 Å². The summed E-state index contributed by atoms with van der Waals surface area (Å²) in [5, 5.41) is 6.53. The second-order valence-corrected chi connectivity index (χ2v) is 18.9. The van der Waals surface area contributed by atoms with Crippen LogP contribution in [-0.2, 0) is 0 Å². The molecule has 9 rings (SSSR count). The molecule has 272 valence electrons. The van der Waals surface area contributed by atoms with Gasteiger partial charge in [-0.2, -0.15) is 0 Å². The van der Waals surface area contributed by atoms with Gasteiger partial charge in [-0.05, 0) is 92.4 Å². The molecule has 1 heterocycles. The van der Waals surface area contributed by atoms with Crippen molar-refractivity contribution >= 4 is 66.5 Å². The van der Waals surface area contributed by atoms with E-state index in [2.05, 4.69) is 242 Å². The fourth-order valence-corrected chi connectivity index (χ4v) is 13.2. The molecule has 0 saturated heterocycles. The zero-order valence-corrected chi connectivity index (χ0v) is 33.4. The number of anilines is 2. The first-order valence-electron chi connectivity index (χ1n) is 19.4. The first-order chi connectivity index (χ1) is 28.2. The van der Waals surface area contributed by atoms with Gasteiger partial charge in [0.05, 0.1) is 0 Å². The maximum Gasteiger partial charge on any atom is 0.172 e. The standard InChI is InChI=1S/C54H41NSSi/c1-2-45(23-18-38-57(48-24-12-5-13-25-48,49-26-14-6-15-27-49)50-28-16-7-17-29-50)55(46-33-30-43(31-34-46)41-19-8-3-9-20-41)47-35-37-54-52(40-47)51-39-44(32-36-53(51)56-54)42-21-10-4-11-22-42/h2-40H,1H2/b38-18+,45-23+. The summed E-state index contributed by atoms with van der Waals surface area (Å²) in [6.45, 7) is 4.40. The van der Waals surface area contributed by atoms with Gasteiger partial charge < -0.3 is 4.90 Å². The number of thiophene rings is 1. The summed E-state index contributed by atoms with van der Waals surface area (Å²) >= 11 is 1.85. The van der Waals surface area contributed by atoms with E-state index in [9.17, 15) is 0 Å². The molecule has 0 radical (unpaired) electrons. The second kappa shape index (κ2) is 16.1. The molecule has 1 nitrogen and oxygen atoms in total. The molecule has 57 heavy (non-hydrogen) atoms. The third-order valence-electron chi connectivity index (χ3n) is 10.8. The van der Waals surface area contributed by atoms with Crippen molar-refractivity contribution < 1.29 is 0 Å². The second-order valence-electron chi connectivity index (χ2n) is 14.2. The van der Waals surface area contributed by atoms with E-state index in [1.54, 1.807) is 0 Å². The zero-order valence-electron chi connectivity index (χ0n) is 31.6. The van der Waals surface area contributed by atoms with E-state index in [1.165, 1.54) is 58.0 Å². The van der Waals surface area contributed by atoms with Gasteiger partial charge >= 0.3 is 0 Å². The molecule has 3 heteroatoms.